The summed E-state index contributed by atoms with van der Waals surface area (Å²) in [4.78, 5) is 16.3. The molecule has 34 heavy (non-hydrogen) atoms. The number of sulfone groups is 1. The van der Waals surface area contributed by atoms with Crippen molar-refractivity contribution < 1.29 is 31.8 Å². The zero-order valence-electron chi connectivity index (χ0n) is 19.5. The second kappa shape index (κ2) is 8.46. The molecule has 3 aromatic rings. The molecule has 182 valence electrons. The fraction of sp³-hybridized carbons (Fsp3) is 0.391. The first kappa shape index (κ1) is 23.8. The van der Waals surface area contributed by atoms with Crippen LogP contribution in [0, 0.1) is 5.82 Å². The number of ether oxygens (including phenoxy) is 3. The standard InChI is InChI=1S/C23H26FN3O6S/c1-23(2,3)34(29,30)19-12-27-15(11-26-20(27)10-17(19)31-4)13-8-14(24)21(32-5)18(9-13)33-16-6-7-25-22(16)28/h8-12,16H,6-7H2,1-5H3,(H,25,28)/t16-/m1/s1. The normalized spacial score (nSPS) is 16.5. The van der Waals surface area contributed by atoms with Crippen LogP contribution in [0.5, 0.6) is 17.2 Å². The van der Waals surface area contributed by atoms with Crippen molar-refractivity contribution in [2.45, 2.75) is 42.9 Å². The SMILES string of the molecule is COc1cc2ncc(-c3cc(F)c(OC)c(O[C@@H]4CCNC4=O)c3)n2cc1S(=O)(=O)C(C)(C)C. The van der Waals surface area contributed by atoms with Crippen molar-refractivity contribution in [1.29, 1.82) is 0 Å². The van der Waals surface area contributed by atoms with E-state index < -0.39 is 26.5 Å². The zero-order chi connectivity index (χ0) is 24.8. The van der Waals surface area contributed by atoms with E-state index in [1.807, 2.05) is 0 Å². The van der Waals surface area contributed by atoms with Crippen molar-refractivity contribution >= 4 is 21.4 Å². The van der Waals surface area contributed by atoms with Gasteiger partial charge in [-0.1, -0.05) is 0 Å². The van der Waals surface area contributed by atoms with Gasteiger partial charge in [0.15, 0.2) is 33.3 Å². The molecule has 0 bridgehead atoms. The molecule has 2 aromatic heterocycles. The maximum atomic E-state index is 15.0. The molecular formula is C23H26FN3O6S. The molecule has 1 aromatic carbocycles. The molecule has 1 aliphatic heterocycles. The van der Waals surface area contributed by atoms with Gasteiger partial charge < -0.3 is 19.5 Å². The topological polar surface area (TPSA) is 108 Å². The summed E-state index contributed by atoms with van der Waals surface area (Å²) in [5.74, 6) is -0.886. The van der Waals surface area contributed by atoms with Crippen LogP contribution in [0.1, 0.15) is 27.2 Å². The number of halogens is 1. The number of aromatic nitrogens is 2. The van der Waals surface area contributed by atoms with E-state index >= 15 is 0 Å². The van der Waals surface area contributed by atoms with Gasteiger partial charge in [-0.15, -0.1) is 0 Å². The average Bonchev–Trinajstić information content (AvgIpc) is 3.37. The number of pyridine rings is 1. The van der Waals surface area contributed by atoms with Crippen LogP contribution in [0.25, 0.3) is 16.9 Å². The van der Waals surface area contributed by atoms with Crippen LogP contribution < -0.4 is 19.5 Å². The number of hydrogen-bond acceptors (Lipinski definition) is 7. The van der Waals surface area contributed by atoms with Gasteiger partial charge in [-0.3, -0.25) is 9.20 Å². The molecule has 3 heterocycles. The lowest BCUT2D eigenvalue weighted by Crippen LogP contribution is -2.28. The predicted molar refractivity (Wildman–Crippen MR) is 123 cm³/mol. The Bertz CT molecular complexity index is 1380. The summed E-state index contributed by atoms with van der Waals surface area (Å²) in [6, 6.07) is 4.30. The van der Waals surface area contributed by atoms with E-state index in [4.69, 9.17) is 14.2 Å². The van der Waals surface area contributed by atoms with Gasteiger partial charge in [0.25, 0.3) is 5.91 Å². The number of fused-ring (bicyclic) bond motifs is 1. The molecule has 9 nitrogen and oxygen atoms in total. The third-order valence-corrected chi connectivity index (χ3v) is 8.17. The van der Waals surface area contributed by atoms with Crippen molar-refractivity contribution in [3.05, 3.63) is 36.4 Å². The van der Waals surface area contributed by atoms with Gasteiger partial charge in [0.2, 0.25) is 0 Å². The molecule has 1 N–H and O–H groups in total. The van der Waals surface area contributed by atoms with Gasteiger partial charge in [0.05, 0.1) is 30.9 Å². The van der Waals surface area contributed by atoms with Gasteiger partial charge in [0, 0.05) is 30.8 Å². The molecule has 1 aliphatic rings. The van der Waals surface area contributed by atoms with Crippen molar-refractivity contribution in [1.82, 2.24) is 14.7 Å². The van der Waals surface area contributed by atoms with E-state index in [2.05, 4.69) is 10.3 Å². The van der Waals surface area contributed by atoms with Gasteiger partial charge in [-0.2, -0.15) is 0 Å². The van der Waals surface area contributed by atoms with Crippen LogP contribution in [0.3, 0.4) is 0 Å². The Kier molecular flexibility index (Phi) is 5.92. The van der Waals surface area contributed by atoms with Gasteiger partial charge in [-0.05, 0) is 32.9 Å². The van der Waals surface area contributed by atoms with E-state index in [9.17, 15) is 17.6 Å². The minimum atomic E-state index is -3.77. The number of nitrogens with one attached hydrogen (secondary N) is 1. The van der Waals surface area contributed by atoms with Crippen LogP contribution in [0.4, 0.5) is 4.39 Å². The Hall–Kier alpha value is -3.34. The maximum Gasteiger partial charge on any atom is 0.261 e. The Morgan fingerprint density at radius 1 is 1.15 bits per heavy atom. The molecule has 4 rings (SSSR count). The second-order valence-corrected chi connectivity index (χ2v) is 11.5. The summed E-state index contributed by atoms with van der Waals surface area (Å²) in [5, 5.41) is 2.67. The Balaban J connectivity index is 1.88. The number of nitrogens with zero attached hydrogens (tertiary/aromatic N) is 2. The van der Waals surface area contributed by atoms with Crippen LogP contribution in [0.2, 0.25) is 0 Å². The molecule has 0 saturated carbocycles. The number of rotatable bonds is 6. The first-order valence-electron chi connectivity index (χ1n) is 10.6. The van der Waals surface area contributed by atoms with Crippen molar-refractivity contribution in [2.75, 3.05) is 20.8 Å². The Labute approximate surface area is 196 Å². The summed E-state index contributed by atoms with van der Waals surface area (Å²) in [5.41, 5.74) is 1.20. The average molecular weight is 492 g/mol. The fourth-order valence-corrected chi connectivity index (χ4v) is 5.04. The zero-order valence-corrected chi connectivity index (χ0v) is 20.3. The lowest BCUT2D eigenvalue weighted by atomic mass is 10.1. The van der Waals surface area contributed by atoms with Crippen molar-refractivity contribution in [3.8, 4) is 28.5 Å². The first-order valence-corrected chi connectivity index (χ1v) is 12.1. The molecule has 1 fully saturated rings. The maximum absolute atomic E-state index is 15.0. The Morgan fingerprint density at radius 2 is 1.88 bits per heavy atom. The number of hydrogen-bond donors (Lipinski definition) is 1. The highest BCUT2D eigenvalue weighted by atomic mass is 32.2. The number of methoxy groups -OCH3 is 2. The lowest BCUT2D eigenvalue weighted by Gasteiger charge is -2.21. The molecular weight excluding hydrogens is 465 g/mol. The van der Waals surface area contributed by atoms with Crippen LogP contribution in [0.15, 0.2) is 35.5 Å². The van der Waals surface area contributed by atoms with Crippen LogP contribution in [-0.4, -0.2) is 55.3 Å². The summed E-state index contributed by atoms with van der Waals surface area (Å²) < 4.78 is 58.1. The fourth-order valence-electron chi connectivity index (χ4n) is 3.73. The summed E-state index contributed by atoms with van der Waals surface area (Å²) in [6.07, 6.45) is 2.59. The van der Waals surface area contributed by atoms with E-state index in [-0.39, 0.29) is 28.1 Å². The number of carbonyl (C=O) groups excluding carboxylic acids is 1. The van der Waals surface area contributed by atoms with E-state index in [0.717, 1.165) is 0 Å². The quantitative estimate of drug-likeness (QED) is 0.565. The second-order valence-electron chi connectivity index (χ2n) is 8.87. The molecule has 1 amide bonds. The number of carbonyl (C=O) groups is 1. The third kappa shape index (κ3) is 3.93. The Morgan fingerprint density at radius 3 is 2.47 bits per heavy atom. The minimum Gasteiger partial charge on any atom is -0.495 e. The summed E-state index contributed by atoms with van der Waals surface area (Å²) in [7, 11) is -1.08. The predicted octanol–water partition coefficient (Wildman–Crippen LogP) is 3.00. The van der Waals surface area contributed by atoms with Gasteiger partial charge in [0.1, 0.15) is 16.3 Å². The van der Waals surface area contributed by atoms with E-state index in [1.165, 1.54) is 38.7 Å². The lowest BCUT2D eigenvalue weighted by molar-refractivity contribution is -0.124. The van der Waals surface area contributed by atoms with E-state index in [0.29, 0.717) is 29.9 Å². The van der Waals surface area contributed by atoms with Crippen LogP contribution >= 0.6 is 0 Å². The molecule has 0 radical (unpaired) electrons. The minimum absolute atomic E-state index is 0.0117. The highest BCUT2D eigenvalue weighted by Gasteiger charge is 2.34. The largest absolute Gasteiger partial charge is 0.495 e. The number of imidazole rings is 1. The molecule has 0 unspecified atom stereocenters. The van der Waals surface area contributed by atoms with Crippen LogP contribution in [-0.2, 0) is 14.6 Å². The summed E-state index contributed by atoms with van der Waals surface area (Å²) >= 11 is 0. The monoisotopic (exact) mass is 491 g/mol. The van der Waals surface area contributed by atoms with Gasteiger partial charge in [-0.25, -0.2) is 17.8 Å². The number of amides is 1. The van der Waals surface area contributed by atoms with Crippen molar-refractivity contribution in [2.24, 2.45) is 0 Å². The highest BCUT2D eigenvalue weighted by molar-refractivity contribution is 7.92. The third-order valence-electron chi connectivity index (χ3n) is 5.67. The molecule has 0 aliphatic carbocycles. The molecule has 11 heteroatoms. The molecule has 1 saturated heterocycles. The highest BCUT2D eigenvalue weighted by Crippen LogP contribution is 2.38. The van der Waals surface area contributed by atoms with E-state index in [1.54, 1.807) is 31.2 Å². The molecule has 0 spiro atoms. The first-order chi connectivity index (χ1) is 16.0. The summed E-state index contributed by atoms with van der Waals surface area (Å²) in [6.45, 7) is 5.27. The number of benzene rings is 1. The smallest absolute Gasteiger partial charge is 0.261 e. The van der Waals surface area contributed by atoms with Crippen molar-refractivity contribution in [3.63, 3.8) is 0 Å². The molecule has 1 atom stereocenters. The van der Waals surface area contributed by atoms with Gasteiger partial charge >= 0.3 is 0 Å².